The summed E-state index contributed by atoms with van der Waals surface area (Å²) in [7, 11) is 0. The van der Waals surface area contributed by atoms with Crippen molar-refractivity contribution in [1.29, 1.82) is 0 Å². The Bertz CT molecular complexity index is 920. The number of ether oxygens (including phenoxy) is 6. The van der Waals surface area contributed by atoms with Crippen LogP contribution in [0, 0.1) is 10.1 Å². The van der Waals surface area contributed by atoms with E-state index in [1.54, 1.807) is 18.2 Å². The lowest BCUT2D eigenvalue weighted by Gasteiger charge is -2.14. The Labute approximate surface area is 216 Å². The van der Waals surface area contributed by atoms with Gasteiger partial charge in [0.15, 0.2) is 11.5 Å². The lowest BCUT2D eigenvalue weighted by molar-refractivity contribution is -0.384. The van der Waals surface area contributed by atoms with Crippen LogP contribution in [0.4, 0.5) is 5.69 Å². The molecule has 0 heterocycles. The van der Waals surface area contributed by atoms with E-state index in [1.807, 2.05) is 24.3 Å². The van der Waals surface area contributed by atoms with E-state index in [-0.39, 0.29) is 32.1 Å². The number of aliphatic hydroxyl groups excluding tert-OH is 2. The molecule has 0 aliphatic carbocycles. The van der Waals surface area contributed by atoms with Crippen molar-refractivity contribution in [3.63, 3.8) is 0 Å². The molecule has 204 valence electrons. The molecule has 0 spiro atoms. The Balaban J connectivity index is 1.91. The highest BCUT2D eigenvalue weighted by atomic mass is 16.6. The van der Waals surface area contributed by atoms with Crippen molar-refractivity contribution >= 4 is 17.8 Å². The molecule has 0 saturated carbocycles. The van der Waals surface area contributed by atoms with Crippen molar-refractivity contribution in [1.82, 2.24) is 0 Å². The molecule has 0 radical (unpaired) electrons. The Hall–Kier alpha value is -3.06. The molecule has 0 aliphatic heterocycles. The third-order valence-electron chi connectivity index (χ3n) is 4.73. The number of hydrogen-bond acceptors (Lipinski definition) is 10. The second-order valence-corrected chi connectivity index (χ2v) is 7.48. The zero-order valence-electron chi connectivity index (χ0n) is 20.8. The summed E-state index contributed by atoms with van der Waals surface area (Å²) in [6.45, 7) is 3.42. The van der Waals surface area contributed by atoms with Gasteiger partial charge in [-0.25, -0.2) is 0 Å². The van der Waals surface area contributed by atoms with Gasteiger partial charge in [-0.3, -0.25) is 10.1 Å². The molecule has 2 rings (SSSR count). The average Bonchev–Trinajstić information content (AvgIpc) is 2.91. The molecule has 0 atom stereocenters. The van der Waals surface area contributed by atoms with E-state index in [0.29, 0.717) is 64.4 Å². The van der Waals surface area contributed by atoms with Crippen molar-refractivity contribution in [2.75, 3.05) is 79.3 Å². The molecule has 0 aromatic heterocycles. The summed E-state index contributed by atoms with van der Waals surface area (Å²) in [6.07, 6.45) is 3.73. The molecule has 11 heteroatoms. The predicted octanol–water partition coefficient (Wildman–Crippen LogP) is 2.57. The maximum atomic E-state index is 10.8. The van der Waals surface area contributed by atoms with Crippen LogP contribution in [0.5, 0.6) is 11.5 Å². The number of non-ortho nitro benzene ring substituents is 1. The van der Waals surface area contributed by atoms with Crippen molar-refractivity contribution in [3.8, 4) is 11.5 Å². The van der Waals surface area contributed by atoms with Gasteiger partial charge in [0.05, 0.1) is 71.0 Å². The molecule has 0 fully saturated rings. The molecule has 0 aliphatic rings. The first-order valence-electron chi connectivity index (χ1n) is 12.0. The molecule has 37 heavy (non-hydrogen) atoms. The van der Waals surface area contributed by atoms with Crippen LogP contribution in [0.25, 0.3) is 12.2 Å². The molecule has 11 nitrogen and oxygen atoms in total. The van der Waals surface area contributed by atoms with E-state index in [9.17, 15) is 10.1 Å². The van der Waals surface area contributed by atoms with Crippen LogP contribution in [0.2, 0.25) is 0 Å². The van der Waals surface area contributed by atoms with Crippen molar-refractivity contribution in [2.24, 2.45) is 0 Å². The van der Waals surface area contributed by atoms with E-state index in [2.05, 4.69) is 0 Å². The molecule has 0 saturated heterocycles. The summed E-state index contributed by atoms with van der Waals surface area (Å²) in [5.74, 6) is 1.09. The van der Waals surface area contributed by atoms with E-state index in [0.717, 1.165) is 11.1 Å². The first-order chi connectivity index (χ1) is 18.1. The smallest absolute Gasteiger partial charge is 0.269 e. The molecule has 0 bridgehead atoms. The van der Waals surface area contributed by atoms with Crippen molar-refractivity contribution in [3.05, 3.63) is 63.7 Å². The summed E-state index contributed by atoms with van der Waals surface area (Å²) >= 11 is 0. The SMILES string of the molecule is O=[N+]([O-])c1ccc(C=Cc2ccc(OCCOCCOCCO)c(OCCOCCOCCO)c2)cc1. The largest absolute Gasteiger partial charge is 0.487 e. The number of benzene rings is 2. The number of nitro groups is 1. The minimum Gasteiger partial charge on any atom is -0.487 e. The quantitative estimate of drug-likeness (QED) is 0.109. The Kier molecular flexibility index (Phi) is 15.6. The number of hydrogen-bond donors (Lipinski definition) is 2. The molecular weight excluding hydrogens is 486 g/mol. The molecule has 2 aromatic rings. The molecular formula is C26H35NO10. The van der Waals surface area contributed by atoms with Gasteiger partial charge in [0.25, 0.3) is 5.69 Å². The predicted molar refractivity (Wildman–Crippen MR) is 137 cm³/mol. The van der Waals surface area contributed by atoms with Crippen molar-refractivity contribution in [2.45, 2.75) is 0 Å². The van der Waals surface area contributed by atoms with E-state index >= 15 is 0 Å². The van der Waals surface area contributed by atoms with Gasteiger partial charge in [-0.15, -0.1) is 0 Å². The minimum absolute atomic E-state index is 0.0204. The lowest BCUT2D eigenvalue weighted by atomic mass is 10.1. The van der Waals surface area contributed by atoms with Crippen LogP contribution >= 0.6 is 0 Å². The fourth-order valence-electron chi connectivity index (χ4n) is 2.95. The second kappa shape index (κ2) is 19.1. The fourth-order valence-corrected chi connectivity index (χ4v) is 2.95. The minimum atomic E-state index is -0.433. The molecule has 0 amide bonds. The fraction of sp³-hybridized carbons (Fsp3) is 0.462. The van der Waals surface area contributed by atoms with Gasteiger partial charge >= 0.3 is 0 Å². The first kappa shape index (κ1) is 30.2. The normalized spacial score (nSPS) is 11.2. The lowest BCUT2D eigenvalue weighted by Crippen LogP contribution is -2.13. The van der Waals surface area contributed by atoms with Crippen LogP contribution in [-0.4, -0.2) is 94.4 Å². The highest BCUT2D eigenvalue weighted by Gasteiger charge is 2.07. The maximum Gasteiger partial charge on any atom is 0.269 e. The van der Waals surface area contributed by atoms with E-state index in [4.69, 9.17) is 38.6 Å². The van der Waals surface area contributed by atoms with Gasteiger partial charge in [-0.05, 0) is 35.4 Å². The van der Waals surface area contributed by atoms with Crippen LogP contribution in [-0.2, 0) is 18.9 Å². The zero-order chi connectivity index (χ0) is 26.6. The molecule has 2 N–H and O–H groups in total. The van der Waals surface area contributed by atoms with Gasteiger partial charge < -0.3 is 38.6 Å². The van der Waals surface area contributed by atoms with Crippen LogP contribution in [0.15, 0.2) is 42.5 Å². The summed E-state index contributed by atoms with van der Waals surface area (Å²) in [5.41, 5.74) is 1.72. The van der Waals surface area contributed by atoms with Gasteiger partial charge in [0, 0.05) is 12.1 Å². The third kappa shape index (κ3) is 13.2. The molecule has 2 aromatic carbocycles. The second-order valence-electron chi connectivity index (χ2n) is 7.48. The number of nitrogens with zero attached hydrogens (tertiary/aromatic N) is 1. The van der Waals surface area contributed by atoms with E-state index in [1.165, 1.54) is 12.1 Å². The standard InChI is InChI=1S/C26H35NO10/c28-9-11-32-13-15-34-17-19-36-25-8-5-23(2-1-22-3-6-24(7-4-22)27(30)31)21-26(25)37-20-18-35-16-14-33-12-10-29/h1-8,21,28-29H,9-20H2. The summed E-state index contributed by atoms with van der Waals surface area (Å²) in [5, 5.41) is 28.2. The van der Waals surface area contributed by atoms with Crippen LogP contribution in [0.1, 0.15) is 11.1 Å². The maximum absolute atomic E-state index is 10.8. The third-order valence-corrected chi connectivity index (χ3v) is 4.73. The van der Waals surface area contributed by atoms with Crippen LogP contribution < -0.4 is 9.47 Å². The summed E-state index contributed by atoms with van der Waals surface area (Å²) < 4.78 is 33.0. The first-order valence-corrected chi connectivity index (χ1v) is 12.0. The number of nitro benzene ring substituents is 1. The van der Waals surface area contributed by atoms with Crippen molar-refractivity contribution < 1.29 is 43.6 Å². The zero-order valence-corrected chi connectivity index (χ0v) is 20.8. The average molecular weight is 522 g/mol. The highest BCUT2D eigenvalue weighted by molar-refractivity contribution is 5.71. The van der Waals surface area contributed by atoms with Gasteiger partial charge in [0.1, 0.15) is 13.2 Å². The molecule has 0 unspecified atom stereocenters. The number of rotatable bonds is 21. The Morgan fingerprint density at radius 3 is 1.62 bits per heavy atom. The monoisotopic (exact) mass is 521 g/mol. The highest BCUT2D eigenvalue weighted by Crippen LogP contribution is 2.29. The topological polar surface area (TPSA) is 139 Å². The van der Waals surface area contributed by atoms with Gasteiger partial charge in [-0.1, -0.05) is 18.2 Å². The van der Waals surface area contributed by atoms with Crippen LogP contribution in [0.3, 0.4) is 0 Å². The Morgan fingerprint density at radius 2 is 1.08 bits per heavy atom. The summed E-state index contributed by atoms with van der Waals surface area (Å²) in [4.78, 5) is 10.4. The number of aliphatic hydroxyl groups is 2. The van der Waals surface area contributed by atoms with Gasteiger partial charge in [0.2, 0.25) is 0 Å². The Morgan fingerprint density at radius 1 is 0.622 bits per heavy atom. The summed E-state index contributed by atoms with van der Waals surface area (Å²) in [6, 6.07) is 11.8. The van der Waals surface area contributed by atoms with Gasteiger partial charge in [-0.2, -0.15) is 0 Å². The van der Waals surface area contributed by atoms with E-state index < -0.39 is 4.92 Å².